The predicted octanol–water partition coefficient (Wildman–Crippen LogP) is 2.34. The SMILES string of the molecule is CCS(=O)(=O)N1CCN(CC(=O)N2N=C(c3ccccc3)CC2c2ccc(OC)cc2)CC1. The van der Waals surface area contributed by atoms with Gasteiger partial charge in [-0.05, 0) is 30.2 Å². The number of hydrazone groups is 1. The highest BCUT2D eigenvalue weighted by Gasteiger charge is 2.34. The third kappa shape index (κ3) is 5.26. The number of piperazine rings is 1. The van der Waals surface area contributed by atoms with Crippen LogP contribution in [0.1, 0.15) is 30.5 Å². The van der Waals surface area contributed by atoms with E-state index in [0.717, 1.165) is 22.6 Å². The zero-order valence-corrected chi connectivity index (χ0v) is 19.9. The van der Waals surface area contributed by atoms with Crippen molar-refractivity contribution in [2.75, 3.05) is 45.6 Å². The van der Waals surface area contributed by atoms with Crippen molar-refractivity contribution in [3.8, 4) is 5.75 Å². The van der Waals surface area contributed by atoms with Crippen molar-refractivity contribution in [2.24, 2.45) is 5.10 Å². The highest BCUT2D eigenvalue weighted by Crippen LogP contribution is 2.33. The molecule has 33 heavy (non-hydrogen) atoms. The van der Waals surface area contributed by atoms with Crippen LogP contribution in [0.25, 0.3) is 0 Å². The van der Waals surface area contributed by atoms with Crippen LogP contribution < -0.4 is 4.74 Å². The van der Waals surface area contributed by atoms with Crippen LogP contribution >= 0.6 is 0 Å². The van der Waals surface area contributed by atoms with Crippen molar-refractivity contribution >= 4 is 21.6 Å². The van der Waals surface area contributed by atoms with Gasteiger partial charge >= 0.3 is 0 Å². The van der Waals surface area contributed by atoms with Gasteiger partial charge in [0.1, 0.15) is 5.75 Å². The van der Waals surface area contributed by atoms with Gasteiger partial charge in [-0.25, -0.2) is 13.4 Å². The number of carbonyl (C=O) groups is 1. The zero-order valence-electron chi connectivity index (χ0n) is 19.1. The molecule has 1 fully saturated rings. The van der Waals surface area contributed by atoms with E-state index in [-0.39, 0.29) is 24.2 Å². The molecule has 2 aliphatic rings. The van der Waals surface area contributed by atoms with E-state index in [0.29, 0.717) is 32.6 Å². The maximum atomic E-state index is 13.4. The Morgan fingerprint density at radius 1 is 1.03 bits per heavy atom. The molecule has 0 bridgehead atoms. The van der Waals surface area contributed by atoms with Crippen LogP contribution in [0.3, 0.4) is 0 Å². The summed E-state index contributed by atoms with van der Waals surface area (Å²) < 4.78 is 31.0. The summed E-state index contributed by atoms with van der Waals surface area (Å²) in [7, 11) is -1.57. The molecule has 2 aromatic carbocycles. The van der Waals surface area contributed by atoms with Crippen molar-refractivity contribution in [3.63, 3.8) is 0 Å². The molecule has 8 nitrogen and oxygen atoms in total. The van der Waals surface area contributed by atoms with Gasteiger partial charge in [0.15, 0.2) is 0 Å². The lowest BCUT2D eigenvalue weighted by atomic mass is 9.98. The molecule has 9 heteroatoms. The fourth-order valence-corrected chi connectivity index (χ4v) is 5.33. The minimum atomic E-state index is -3.20. The molecule has 1 unspecified atom stereocenters. The molecule has 2 aliphatic heterocycles. The summed E-state index contributed by atoms with van der Waals surface area (Å²) in [6, 6.07) is 17.4. The quantitative estimate of drug-likeness (QED) is 0.620. The normalized spacial score (nSPS) is 20.0. The molecule has 2 aromatic rings. The smallest absolute Gasteiger partial charge is 0.257 e. The van der Waals surface area contributed by atoms with E-state index in [4.69, 9.17) is 9.84 Å². The summed E-state index contributed by atoms with van der Waals surface area (Å²) in [6.07, 6.45) is 0.630. The van der Waals surface area contributed by atoms with Crippen molar-refractivity contribution in [2.45, 2.75) is 19.4 Å². The molecule has 0 aromatic heterocycles. The lowest BCUT2D eigenvalue weighted by molar-refractivity contribution is -0.134. The standard InChI is InChI=1S/C24H30N4O4S/c1-3-33(30,31)27-15-13-26(14-16-27)18-24(29)28-23(20-9-11-21(32-2)12-10-20)17-22(25-28)19-7-5-4-6-8-19/h4-12,23H,3,13-18H2,1-2H3. The molecule has 0 aliphatic carbocycles. The first-order valence-corrected chi connectivity index (χ1v) is 12.8. The van der Waals surface area contributed by atoms with Gasteiger partial charge in [0.05, 0.1) is 31.2 Å². The highest BCUT2D eigenvalue weighted by atomic mass is 32.2. The number of carbonyl (C=O) groups excluding carboxylic acids is 1. The van der Waals surface area contributed by atoms with Crippen molar-refractivity contribution in [3.05, 3.63) is 65.7 Å². The van der Waals surface area contributed by atoms with Crippen LogP contribution in [0.15, 0.2) is 59.7 Å². The average molecular weight is 471 g/mol. The lowest BCUT2D eigenvalue weighted by Crippen LogP contribution is -2.51. The molecule has 0 spiro atoms. The third-order valence-corrected chi connectivity index (χ3v) is 8.10. The second kappa shape index (κ2) is 10.0. The minimum absolute atomic E-state index is 0.0893. The minimum Gasteiger partial charge on any atom is -0.497 e. The molecule has 4 rings (SSSR count). The second-order valence-electron chi connectivity index (χ2n) is 8.22. The van der Waals surface area contributed by atoms with E-state index >= 15 is 0 Å². The van der Waals surface area contributed by atoms with Crippen LogP contribution in [-0.2, 0) is 14.8 Å². The van der Waals surface area contributed by atoms with Crippen LogP contribution in [0.2, 0.25) is 0 Å². The number of benzene rings is 2. The van der Waals surface area contributed by atoms with Crippen LogP contribution in [0.4, 0.5) is 0 Å². The van der Waals surface area contributed by atoms with Crippen molar-refractivity contribution < 1.29 is 17.9 Å². The van der Waals surface area contributed by atoms with Gasteiger partial charge in [-0.3, -0.25) is 9.69 Å². The van der Waals surface area contributed by atoms with Crippen molar-refractivity contribution in [1.29, 1.82) is 0 Å². The fraction of sp³-hybridized carbons (Fsp3) is 0.417. The number of amides is 1. The maximum Gasteiger partial charge on any atom is 0.257 e. The largest absolute Gasteiger partial charge is 0.497 e. The van der Waals surface area contributed by atoms with E-state index in [2.05, 4.69) is 0 Å². The van der Waals surface area contributed by atoms with Gasteiger partial charge in [0, 0.05) is 32.6 Å². The molecule has 0 saturated carbocycles. The van der Waals surface area contributed by atoms with Gasteiger partial charge in [0.2, 0.25) is 10.0 Å². The van der Waals surface area contributed by atoms with Crippen molar-refractivity contribution in [1.82, 2.24) is 14.2 Å². The first-order chi connectivity index (χ1) is 15.9. The molecule has 0 N–H and O–H groups in total. The Labute approximate surface area is 195 Å². The summed E-state index contributed by atoms with van der Waals surface area (Å²) in [5.74, 6) is 0.771. The summed E-state index contributed by atoms with van der Waals surface area (Å²) in [5.41, 5.74) is 2.88. The number of rotatable bonds is 7. The molecule has 1 amide bonds. The number of nitrogens with zero attached hydrogens (tertiary/aromatic N) is 4. The molecule has 0 radical (unpaired) electrons. The zero-order chi connectivity index (χ0) is 23.4. The summed E-state index contributed by atoms with van der Waals surface area (Å²) >= 11 is 0. The number of hydrogen-bond acceptors (Lipinski definition) is 6. The predicted molar refractivity (Wildman–Crippen MR) is 128 cm³/mol. The first kappa shape index (κ1) is 23.4. The summed E-state index contributed by atoms with van der Waals surface area (Å²) in [6.45, 7) is 3.73. The fourth-order valence-electron chi connectivity index (χ4n) is 4.24. The monoisotopic (exact) mass is 470 g/mol. The lowest BCUT2D eigenvalue weighted by Gasteiger charge is -2.34. The van der Waals surface area contributed by atoms with Crippen LogP contribution in [-0.4, -0.2) is 79.8 Å². The number of methoxy groups -OCH3 is 1. The van der Waals surface area contributed by atoms with E-state index < -0.39 is 10.0 Å². The molecular weight excluding hydrogens is 440 g/mol. The molecule has 176 valence electrons. The first-order valence-electron chi connectivity index (χ1n) is 11.2. The van der Waals surface area contributed by atoms with Gasteiger partial charge in [-0.1, -0.05) is 42.5 Å². The molecule has 1 atom stereocenters. The van der Waals surface area contributed by atoms with Crippen LogP contribution in [0.5, 0.6) is 5.75 Å². The van der Waals surface area contributed by atoms with E-state index in [1.54, 1.807) is 19.0 Å². The molecular formula is C24H30N4O4S. The van der Waals surface area contributed by atoms with Gasteiger partial charge < -0.3 is 4.74 Å². The number of hydrogen-bond donors (Lipinski definition) is 0. The van der Waals surface area contributed by atoms with Gasteiger partial charge in [0.25, 0.3) is 5.91 Å². The maximum absolute atomic E-state index is 13.4. The Morgan fingerprint density at radius 2 is 1.70 bits per heavy atom. The van der Waals surface area contributed by atoms with Gasteiger partial charge in [-0.15, -0.1) is 0 Å². The Hall–Kier alpha value is -2.75. The van der Waals surface area contributed by atoms with E-state index in [1.807, 2.05) is 59.5 Å². The highest BCUT2D eigenvalue weighted by molar-refractivity contribution is 7.89. The Balaban J connectivity index is 1.50. The number of ether oxygens (including phenoxy) is 1. The molecule has 2 heterocycles. The van der Waals surface area contributed by atoms with E-state index in [1.165, 1.54) is 4.31 Å². The third-order valence-electron chi connectivity index (χ3n) is 6.22. The summed E-state index contributed by atoms with van der Waals surface area (Å²) in [4.78, 5) is 15.4. The Morgan fingerprint density at radius 3 is 2.30 bits per heavy atom. The van der Waals surface area contributed by atoms with Gasteiger partial charge in [-0.2, -0.15) is 9.41 Å². The summed E-state index contributed by atoms with van der Waals surface area (Å²) in [5, 5.41) is 6.32. The molecule has 1 saturated heterocycles. The average Bonchev–Trinajstić information content (AvgIpc) is 3.31. The Kier molecular flexibility index (Phi) is 7.11. The van der Waals surface area contributed by atoms with Crippen LogP contribution in [0, 0.1) is 0 Å². The van der Waals surface area contributed by atoms with E-state index in [9.17, 15) is 13.2 Å². The Bertz CT molecular complexity index is 1100. The topological polar surface area (TPSA) is 82.5 Å². The number of sulfonamides is 1. The second-order valence-corrected chi connectivity index (χ2v) is 10.5.